The van der Waals surface area contributed by atoms with Crippen LogP contribution >= 0.6 is 0 Å². The molecule has 1 unspecified atom stereocenters. The maximum atomic E-state index is 3.36. The summed E-state index contributed by atoms with van der Waals surface area (Å²) in [6.45, 7) is 6.82. The Kier molecular flexibility index (Phi) is 4.65. The predicted molar refractivity (Wildman–Crippen MR) is 79.1 cm³/mol. The van der Waals surface area contributed by atoms with Crippen LogP contribution in [0.5, 0.6) is 0 Å². The lowest BCUT2D eigenvalue weighted by atomic mass is 10.0. The Balaban J connectivity index is 2.04. The lowest BCUT2D eigenvalue weighted by molar-refractivity contribution is 0.577. The molecule has 18 heavy (non-hydrogen) atoms. The van der Waals surface area contributed by atoms with E-state index in [4.69, 9.17) is 0 Å². The van der Waals surface area contributed by atoms with E-state index >= 15 is 0 Å². The largest absolute Gasteiger partial charge is 0.372 e. The minimum atomic E-state index is 0.484. The molecule has 1 aliphatic carbocycles. The van der Waals surface area contributed by atoms with Gasteiger partial charge in [-0.1, -0.05) is 19.1 Å². The van der Waals surface area contributed by atoms with E-state index in [-0.39, 0.29) is 0 Å². The van der Waals surface area contributed by atoms with Gasteiger partial charge in [-0.25, -0.2) is 0 Å². The fraction of sp³-hybridized carbons (Fsp3) is 0.625. The van der Waals surface area contributed by atoms with E-state index < -0.39 is 0 Å². The summed E-state index contributed by atoms with van der Waals surface area (Å²) in [4.78, 5) is 2.50. The van der Waals surface area contributed by atoms with E-state index in [2.05, 4.69) is 48.3 Å². The van der Waals surface area contributed by atoms with Crippen molar-refractivity contribution in [2.45, 2.75) is 39.2 Å². The average Bonchev–Trinajstić information content (AvgIpc) is 3.22. The molecule has 0 radical (unpaired) electrons. The summed E-state index contributed by atoms with van der Waals surface area (Å²) in [5, 5.41) is 3.36. The molecule has 0 spiro atoms. The second-order valence-electron chi connectivity index (χ2n) is 5.32. The maximum absolute atomic E-state index is 3.36. The molecule has 0 saturated heterocycles. The van der Waals surface area contributed by atoms with Crippen LogP contribution < -0.4 is 10.2 Å². The summed E-state index contributed by atoms with van der Waals surface area (Å²) in [5.74, 6) is 0.949. The third-order valence-electron chi connectivity index (χ3n) is 3.97. The minimum absolute atomic E-state index is 0.484. The van der Waals surface area contributed by atoms with Gasteiger partial charge in [-0.05, 0) is 56.8 Å². The Labute approximate surface area is 111 Å². The van der Waals surface area contributed by atoms with Gasteiger partial charge in [0, 0.05) is 24.8 Å². The molecule has 0 heterocycles. The van der Waals surface area contributed by atoms with Crippen molar-refractivity contribution < 1.29 is 0 Å². The third-order valence-corrected chi connectivity index (χ3v) is 3.97. The van der Waals surface area contributed by atoms with E-state index in [9.17, 15) is 0 Å². The maximum Gasteiger partial charge on any atom is 0.0366 e. The van der Waals surface area contributed by atoms with Gasteiger partial charge in [0.15, 0.2) is 0 Å². The summed E-state index contributed by atoms with van der Waals surface area (Å²) < 4.78 is 0. The lowest BCUT2D eigenvalue weighted by Crippen LogP contribution is -2.25. The van der Waals surface area contributed by atoms with Crippen LogP contribution in [0.15, 0.2) is 24.3 Å². The third kappa shape index (κ3) is 3.26. The van der Waals surface area contributed by atoms with Gasteiger partial charge < -0.3 is 10.2 Å². The number of benzene rings is 1. The van der Waals surface area contributed by atoms with Gasteiger partial charge in [-0.2, -0.15) is 0 Å². The van der Waals surface area contributed by atoms with Crippen molar-refractivity contribution in [2.75, 3.05) is 25.0 Å². The molecule has 2 rings (SSSR count). The van der Waals surface area contributed by atoms with Gasteiger partial charge in [0.05, 0.1) is 0 Å². The van der Waals surface area contributed by atoms with Crippen molar-refractivity contribution in [2.24, 2.45) is 5.92 Å². The standard InChI is InChI=1S/C16H26N2/c1-4-16(17-3)14-8-10-15(11-9-14)18(5-2)12-13-6-7-13/h8-11,13,16-17H,4-7,12H2,1-3H3. The van der Waals surface area contributed by atoms with E-state index in [1.54, 1.807) is 0 Å². The first kappa shape index (κ1) is 13.4. The molecule has 0 aromatic heterocycles. The Bertz CT molecular complexity index is 350. The Morgan fingerprint density at radius 3 is 2.33 bits per heavy atom. The van der Waals surface area contributed by atoms with E-state index in [1.807, 2.05) is 7.05 Å². The number of nitrogens with one attached hydrogen (secondary N) is 1. The molecule has 1 atom stereocenters. The van der Waals surface area contributed by atoms with Gasteiger partial charge in [-0.3, -0.25) is 0 Å². The average molecular weight is 246 g/mol. The molecule has 1 fully saturated rings. The monoisotopic (exact) mass is 246 g/mol. The van der Waals surface area contributed by atoms with Crippen LogP contribution in [0.1, 0.15) is 44.7 Å². The van der Waals surface area contributed by atoms with Crippen LogP contribution in [0.4, 0.5) is 5.69 Å². The lowest BCUT2D eigenvalue weighted by Gasteiger charge is -2.24. The smallest absolute Gasteiger partial charge is 0.0366 e. The highest BCUT2D eigenvalue weighted by Gasteiger charge is 2.23. The first-order chi connectivity index (χ1) is 8.78. The summed E-state index contributed by atoms with van der Waals surface area (Å²) in [6, 6.07) is 9.59. The minimum Gasteiger partial charge on any atom is -0.372 e. The molecular formula is C16H26N2. The number of nitrogens with zero attached hydrogens (tertiary/aromatic N) is 1. The molecule has 1 aromatic rings. The van der Waals surface area contributed by atoms with Crippen LogP contribution in [-0.4, -0.2) is 20.1 Å². The molecule has 1 aliphatic rings. The van der Waals surface area contributed by atoms with Crippen LogP contribution in [0.3, 0.4) is 0 Å². The molecule has 2 heteroatoms. The topological polar surface area (TPSA) is 15.3 Å². The molecule has 0 bridgehead atoms. The second kappa shape index (κ2) is 6.24. The number of hydrogen-bond donors (Lipinski definition) is 1. The van der Waals surface area contributed by atoms with E-state index in [1.165, 1.54) is 30.6 Å². The van der Waals surface area contributed by atoms with Crippen LogP contribution in [0, 0.1) is 5.92 Å². The SMILES string of the molecule is CCC(NC)c1ccc(N(CC)CC2CC2)cc1. The number of rotatable bonds is 7. The molecule has 0 aliphatic heterocycles. The highest BCUT2D eigenvalue weighted by molar-refractivity contribution is 5.48. The fourth-order valence-electron chi connectivity index (χ4n) is 2.55. The van der Waals surface area contributed by atoms with Crippen molar-refractivity contribution in [3.05, 3.63) is 29.8 Å². The highest BCUT2D eigenvalue weighted by atomic mass is 15.1. The van der Waals surface area contributed by atoms with Gasteiger partial charge in [0.2, 0.25) is 0 Å². The fourth-order valence-corrected chi connectivity index (χ4v) is 2.55. The van der Waals surface area contributed by atoms with Gasteiger partial charge in [0.25, 0.3) is 0 Å². The highest BCUT2D eigenvalue weighted by Crippen LogP contribution is 2.31. The summed E-state index contributed by atoms with van der Waals surface area (Å²) in [5.41, 5.74) is 2.77. The van der Waals surface area contributed by atoms with E-state index in [0.29, 0.717) is 6.04 Å². The number of anilines is 1. The van der Waals surface area contributed by atoms with Crippen molar-refractivity contribution in [3.63, 3.8) is 0 Å². The zero-order valence-electron chi connectivity index (χ0n) is 11.9. The molecule has 1 aromatic carbocycles. The van der Waals surface area contributed by atoms with Gasteiger partial charge >= 0.3 is 0 Å². The first-order valence-corrected chi connectivity index (χ1v) is 7.30. The summed E-state index contributed by atoms with van der Waals surface area (Å²) >= 11 is 0. The second-order valence-corrected chi connectivity index (χ2v) is 5.32. The Morgan fingerprint density at radius 1 is 1.22 bits per heavy atom. The Morgan fingerprint density at radius 2 is 1.89 bits per heavy atom. The molecule has 1 saturated carbocycles. The van der Waals surface area contributed by atoms with Crippen molar-refractivity contribution in [3.8, 4) is 0 Å². The summed E-state index contributed by atoms with van der Waals surface area (Å²) in [6.07, 6.45) is 3.98. The van der Waals surface area contributed by atoms with Crippen LogP contribution in [0.25, 0.3) is 0 Å². The van der Waals surface area contributed by atoms with Crippen molar-refractivity contribution >= 4 is 5.69 Å². The van der Waals surface area contributed by atoms with E-state index in [0.717, 1.165) is 18.9 Å². The zero-order chi connectivity index (χ0) is 13.0. The zero-order valence-corrected chi connectivity index (χ0v) is 11.9. The first-order valence-electron chi connectivity index (χ1n) is 7.30. The predicted octanol–water partition coefficient (Wildman–Crippen LogP) is 3.59. The molecular weight excluding hydrogens is 220 g/mol. The quantitative estimate of drug-likeness (QED) is 0.791. The number of hydrogen-bond acceptors (Lipinski definition) is 2. The van der Waals surface area contributed by atoms with Crippen molar-refractivity contribution in [1.29, 1.82) is 0 Å². The molecule has 1 N–H and O–H groups in total. The van der Waals surface area contributed by atoms with Gasteiger partial charge in [-0.15, -0.1) is 0 Å². The molecule has 0 amide bonds. The Hall–Kier alpha value is -1.02. The van der Waals surface area contributed by atoms with Crippen LogP contribution in [0.2, 0.25) is 0 Å². The van der Waals surface area contributed by atoms with Crippen molar-refractivity contribution in [1.82, 2.24) is 5.32 Å². The molecule has 100 valence electrons. The van der Waals surface area contributed by atoms with Gasteiger partial charge in [0.1, 0.15) is 0 Å². The summed E-state index contributed by atoms with van der Waals surface area (Å²) in [7, 11) is 2.04. The molecule has 2 nitrogen and oxygen atoms in total. The van der Waals surface area contributed by atoms with Crippen LogP contribution in [-0.2, 0) is 0 Å². The normalized spacial score (nSPS) is 16.6.